The minimum atomic E-state index is -0.720. The maximum absolute atomic E-state index is 13.5. The lowest BCUT2D eigenvalue weighted by Gasteiger charge is -2.06. The Bertz CT molecular complexity index is 890. The lowest BCUT2D eigenvalue weighted by Crippen LogP contribution is -2.06. The Balaban J connectivity index is 1.64. The van der Waals surface area contributed by atoms with Crippen molar-refractivity contribution in [3.05, 3.63) is 77.9 Å². The van der Waals surface area contributed by atoms with E-state index in [1.807, 2.05) is 30.3 Å². The number of benzene rings is 2. The minimum Gasteiger partial charge on any atom is -0.449 e. The summed E-state index contributed by atoms with van der Waals surface area (Å²) in [4.78, 5) is 11.9. The first kappa shape index (κ1) is 16.6. The number of carbonyl (C=O) groups excluding carboxylic acids is 1. The number of aromatic nitrogens is 2. The highest BCUT2D eigenvalue weighted by Crippen LogP contribution is 2.22. The summed E-state index contributed by atoms with van der Waals surface area (Å²) in [5, 5.41) is 7.84. The molecule has 1 heterocycles. The average molecular weight is 338 g/mol. The summed E-state index contributed by atoms with van der Waals surface area (Å²) in [7, 11) is 0. The fraction of sp³-hybridized carbons (Fsp3) is 0.105. The van der Waals surface area contributed by atoms with Gasteiger partial charge < -0.3 is 9.15 Å². The Hall–Kier alpha value is -3.28. The van der Waals surface area contributed by atoms with Gasteiger partial charge in [0.05, 0.1) is 0 Å². The molecule has 3 aromatic rings. The van der Waals surface area contributed by atoms with Gasteiger partial charge in [-0.1, -0.05) is 36.4 Å². The van der Waals surface area contributed by atoms with Crippen LogP contribution in [0.1, 0.15) is 24.5 Å². The molecule has 0 aliphatic heterocycles. The summed E-state index contributed by atoms with van der Waals surface area (Å²) in [5.74, 6) is -0.508. The van der Waals surface area contributed by atoms with Gasteiger partial charge in [0.1, 0.15) is 5.82 Å². The molecule has 0 amide bonds. The second kappa shape index (κ2) is 7.53. The van der Waals surface area contributed by atoms with E-state index in [4.69, 9.17) is 9.15 Å². The first-order valence-electron chi connectivity index (χ1n) is 7.65. The average Bonchev–Trinajstić information content (AvgIpc) is 3.12. The van der Waals surface area contributed by atoms with Crippen molar-refractivity contribution in [3.8, 4) is 11.5 Å². The molecule has 0 spiro atoms. The molecule has 25 heavy (non-hydrogen) atoms. The minimum absolute atomic E-state index is 0.187. The van der Waals surface area contributed by atoms with Crippen LogP contribution in [0.3, 0.4) is 0 Å². The quantitative estimate of drug-likeness (QED) is 0.515. The second-order valence-electron chi connectivity index (χ2n) is 5.25. The molecule has 126 valence electrons. The van der Waals surface area contributed by atoms with Crippen LogP contribution in [0, 0.1) is 5.82 Å². The number of ether oxygens (including phenoxy) is 1. The number of carbonyl (C=O) groups is 1. The lowest BCUT2D eigenvalue weighted by molar-refractivity contribution is -0.143. The Labute approximate surface area is 143 Å². The molecule has 6 heteroatoms. The monoisotopic (exact) mass is 338 g/mol. The number of rotatable bonds is 5. The molecule has 1 aromatic heterocycles. The van der Waals surface area contributed by atoms with Gasteiger partial charge in [-0.15, -0.1) is 10.2 Å². The molecule has 5 nitrogen and oxygen atoms in total. The van der Waals surface area contributed by atoms with E-state index in [1.54, 1.807) is 25.1 Å². The largest absolute Gasteiger partial charge is 0.449 e. The summed E-state index contributed by atoms with van der Waals surface area (Å²) in [6, 6.07) is 15.4. The van der Waals surface area contributed by atoms with Gasteiger partial charge in [-0.3, -0.25) is 0 Å². The number of hydrogen-bond donors (Lipinski definition) is 0. The molecule has 0 aliphatic carbocycles. The Kier molecular flexibility index (Phi) is 4.99. The molecule has 0 aliphatic rings. The predicted molar refractivity (Wildman–Crippen MR) is 89.7 cm³/mol. The highest BCUT2D eigenvalue weighted by Gasteiger charge is 2.18. The second-order valence-corrected chi connectivity index (χ2v) is 5.25. The van der Waals surface area contributed by atoms with Crippen LogP contribution >= 0.6 is 0 Å². The van der Waals surface area contributed by atoms with Gasteiger partial charge in [0.15, 0.2) is 6.10 Å². The highest BCUT2D eigenvalue weighted by molar-refractivity contribution is 5.87. The summed E-state index contributed by atoms with van der Waals surface area (Å²) in [6.45, 7) is 1.62. The van der Waals surface area contributed by atoms with Crippen molar-refractivity contribution < 1.29 is 18.3 Å². The van der Waals surface area contributed by atoms with E-state index in [2.05, 4.69) is 10.2 Å². The van der Waals surface area contributed by atoms with Gasteiger partial charge in [0.25, 0.3) is 5.89 Å². The molecule has 0 radical (unpaired) electrons. The molecule has 2 aromatic carbocycles. The van der Waals surface area contributed by atoms with Crippen molar-refractivity contribution in [3.63, 3.8) is 0 Å². The van der Waals surface area contributed by atoms with Crippen molar-refractivity contribution >= 4 is 12.0 Å². The van der Waals surface area contributed by atoms with Crippen LogP contribution in [0.5, 0.6) is 0 Å². The molecule has 0 saturated carbocycles. The van der Waals surface area contributed by atoms with E-state index in [-0.39, 0.29) is 5.89 Å². The molecule has 0 N–H and O–H groups in total. The zero-order valence-electron chi connectivity index (χ0n) is 13.4. The van der Waals surface area contributed by atoms with Gasteiger partial charge in [0.2, 0.25) is 5.89 Å². The van der Waals surface area contributed by atoms with Gasteiger partial charge in [-0.2, -0.15) is 0 Å². The topological polar surface area (TPSA) is 65.2 Å². The van der Waals surface area contributed by atoms with E-state index in [0.29, 0.717) is 11.5 Å². The molecule has 3 rings (SSSR count). The zero-order chi connectivity index (χ0) is 17.6. The van der Waals surface area contributed by atoms with Crippen LogP contribution in [0.4, 0.5) is 4.39 Å². The van der Waals surface area contributed by atoms with E-state index in [1.165, 1.54) is 12.1 Å². The molecular formula is C19H15FN2O3. The Morgan fingerprint density at radius 3 is 2.60 bits per heavy atom. The highest BCUT2D eigenvalue weighted by atomic mass is 19.1. The van der Waals surface area contributed by atoms with Crippen LogP contribution in [0.2, 0.25) is 0 Å². The predicted octanol–water partition coefficient (Wildman–Crippen LogP) is 4.19. The third-order valence-electron chi connectivity index (χ3n) is 3.41. The van der Waals surface area contributed by atoms with Crippen LogP contribution in [0.25, 0.3) is 17.5 Å². The smallest absolute Gasteiger partial charge is 0.331 e. The molecule has 0 bridgehead atoms. The first-order valence-corrected chi connectivity index (χ1v) is 7.65. The van der Waals surface area contributed by atoms with Gasteiger partial charge in [-0.25, -0.2) is 9.18 Å². The lowest BCUT2D eigenvalue weighted by atomic mass is 10.2. The summed E-state index contributed by atoms with van der Waals surface area (Å²) < 4.78 is 24.2. The van der Waals surface area contributed by atoms with E-state index in [9.17, 15) is 9.18 Å². The molecule has 0 unspecified atom stereocenters. The van der Waals surface area contributed by atoms with Crippen molar-refractivity contribution in [1.82, 2.24) is 10.2 Å². The van der Waals surface area contributed by atoms with Crippen LogP contribution in [0.15, 0.2) is 65.1 Å². The van der Waals surface area contributed by atoms with Gasteiger partial charge in [-0.05, 0) is 31.2 Å². The fourth-order valence-electron chi connectivity index (χ4n) is 2.13. The number of esters is 1. The number of hydrogen-bond acceptors (Lipinski definition) is 5. The maximum Gasteiger partial charge on any atom is 0.331 e. The van der Waals surface area contributed by atoms with Crippen molar-refractivity contribution in [2.24, 2.45) is 0 Å². The summed E-state index contributed by atoms with van der Waals surface area (Å²) in [5.41, 5.74) is 1.08. The SMILES string of the molecule is C[C@@H](OC(=O)/C=C/c1ccccc1F)c1nnc(-c2ccccc2)o1. The standard InChI is InChI=1S/C19H15FN2O3/c1-13(18-21-22-19(25-18)15-8-3-2-4-9-15)24-17(23)12-11-14-7-5-6-10-16(14)20/h2-13H,1H3/b12-11+/t13-/m1/s1. The maximum atomic E-state index is 13.5. The molecule has 0 saturated heterocycles. The van der Waals surface area contributed by atoms with Crippen LogP contribution < -0.4 is 0 Å². The van der Waals surface area contributed by atoms with Crippen molar-refractivity contribution in [1.29, 1.82) is 0 Å². The van der Waals surface area contributed by atoms with E-state index < -0.39 is 17.9 Å². The summed E-state index contributed by atoms with van der Waals surface area (Å²) >= 11 is 0. The zero-order valence-corrected chi connectivity index (χ0v) is 13.4. The summed E-state index contributed by atoms with van der Waals surface area (Å²) in [6.07, 6.45) is 1.79. The third-order valence-corrected chi connectivity index (χ3v) is 3.41. The van der Waals surface area contributed by atoms with Gasteiger partial charge in [0, 0.05) is 17.2 Å². The molecule has 1 atom stereocenters. The van der Waals surface area contributed by atoms with Gasteiger partial charge >= 0.3 is 5.97 Å². The van der Waals surface area contributed by atoms with E-state index >= 15 is 0 Å². The normalized spacial score (nSPS) is 12.2. The fourth-order valence-corrected chi connectivity index (χ4v) is 2.13. The first-order chi connectivity index (χ1) is 12.1. The Morgan fingerprint density at radius 1 is 1.12 bits per heavy atom. The van der Waals surface area contributed by atoms with Crippen LogP contribution in [-0.4, -0.2) is 16.2 Å². The van der Waals surface area contributed by atoms with Crippen molar-refractivity contribution in [2.45, 2.75) is 13.0 Å². The third kappa shape index (κ3) is 4.17. The molecular weight excluding hydrogens is 323 g/mol. The van der Waals surface area contributed by atoms with E-state index in [0.717, 1.165) is 11.6 Å². The number of nitrogens with zero attached hydrogens (tertiary/aromatic N) is 2. The Morgan fingerprint density at radius 2 is 1.84 bits per heavy atom. The number of halogens is 1. The van der Waals surface area contributed by atoms with Crippen LogP contribution in [-0.2, 0) is 9.53 Å². The van der Waals surface area contributed by atoms with Crippen molar-refractivity contribution in [2.75, 3.05) is 0 Å². The molecule has 0 fully saturated rings.